The van der Waals surface area contributed by atoms with Gasteiger partial charge in [0.15, 0.2) is 5.43 Å². The molecule has 0 saturated heterocycles. The van der Waals surface area contributed by atoms with Crippen LogP contribution in [0.2, 0.25) is 0 Å². The smallest absolute Gasteiger partial charge is 0.190 e. The van der Waals surface area contributed by atoms with Gasteiger partial charge in [-0.25, -0.2) is 0 Å². The van der Waals surface area contributed by atoms with E-state index in [1.54, 1.807) is 18.3 Å². The van der Waals surface area contributed by atoms with Crippen molar-refractivity contribution >= 4 is 21.8 Å². The van der Waals surface area contributed by atoms with E-state index < -0.39 is 0 Å². The molecule has 0 atom stereocenters. The Balaban J connectivity index is 2.70. The normalized spacial score (nSPS) is 10.9. The number of benzene rings is 1. The van der Waals surface area contributed by atoms with Gasteiger partial charge in [-0.1, -0.05) is 6.07 Å². The molecule has 3 nitrogen and oxygen atoms in total. The second-order valence-electron chi connectivity index (χ2n) is 3.41. The first-order valence-electron chi connectivity index (χ1n) is 4.71. The Bertz CT molecular complexity index is 700. The number of hydrogen-bond donors (Lipinski definition) is 1. The van der Waals surface area contributed by atoms with Gasteiger partial charge in [-0.2, -0.15) is 0 Å². The lowest BCUT2D eigenvalue weighted by Gasteiger charge is -2.01. The molecule has 0 spiro atoms. The van der Waals surface area contributed by atoms with Gasteiger partial charge in [0.2, 0.25) is 0 Å². The molecule has 0 aliphatic heterocycles. The minimum absolute atomic E-state index is 0.00745. The van der Waals surface area contributed by atoms with Crippen LogP contribution in [-0.2, 0) is 0 Å². The molecule has 15 heavy (non-hydrogen) atoms. The maximum Gasteiger partial charge on any atom is 0.190 e. The molecule has 2 heterocycles. The van der Waals surface area contributed by atoms with E-state index in [1.807, 2.05) is 24.4 Å². The van der Waals surface area contributed by atoms with Crippen LogP contribution in [0.4, 0.5) is 0 Å². The lowest BCUT2D eigenvalue weighted by Crippen LogP contribution is -2.00. The number of fused-ring (bicyclic) bond motifs is 3. The zero-order chi connectivity index (χ0) is 10.3. The Morgan fingerprint density at radius 3 is 3.00 bits per heavy atom. The summed E-state index contributed by atoms with van der Waals surface area (Å²) in [5.41, 5.74) is 1.60. The molecule has 0 aliphatic rings. The van der Waals surface area contributed by atoms with Crippen molar-refractivity contribution in [3.8, 4) is 0 Å². The van der Waals surface area contributed by atoms with Crippen LogP contribution in [-0.4, -0.2) is 9.97 Å². The zero-order valence-electron chi connectivity index (χ0n) is 7.90. The average molecular weight is 196 g/mol. The fourth-order valence-electron chi connectivity index (χ4n) is 1.79. The SMILES string of the molecule is O=c1cccc2ncc3ccc[nH]c3c12. The molecule has 0 unspecified atom stereocenters. The predicted molar refractivity (Wildman–Crippen MR) is 59.9 cm³/mol. The molecule has 0 bridgehead atoms. The van der Waals surface area contributed by atoms with Crippen molar-refractivity contribution in [2.24, 2.45) is 0 Å². The van der Waals surface area contributed by atoms with E-state index in [4.69, 9.17) is 0 Å². The van der Waals surface area contributed by atoms with Gasteiger partial charge in [0.05, 0.1) is 16.4 Å². The van der Waals surface area contributed by atoms with Crippen molar-refractivity contribution in [1.29, 1.82) is 0 Å². The van der Waals surface area contributed by atoms with Crippen LogP contribution >= 0.6 is 0 Å². The highest BCUT2D eigenvalue weighted by Gasteiger charge is 2.03. The van der Waals surface area contributed by atoms with Crippen LogP contribution in [0.5, 0.6) is 0 Å². The number of hydrogen-bond acceptors (Lipinski definition) is 2. The quantitative estimate of drug-likeness (QED) is 0.559. The molecular weight excluding hydrogens is 188 g/mol. The minimum atomic E-state index is 0.00745. The molecule has 0 aliphatic carbocycles. The highest BCUT2D eigenvalue weighted by molar-refractivity contribution is 6.02. The summed E-state index contributed by atoms with van der Waals surface area (Å²) in [7, 11) is 0. The van der Waals surface area contributed by atoms with Gasteiger partial charge in [-0.05, 0) is 24.3 Å². The summed E-state index contributed by atoms with van der Waals surface area (Å²) in [6.07, 6.45) is 3.59. The number of nitrogens with one attached hydrogen (secondary N) is 1. The van der Waals surface area contributed by atoms with Gasteiger partial charge < -0.3 is 4.98 Å². The maximum absolute atomic E-state index is 11.7. The summed E-state index contributed by atoms with van der Waals surface area (Å²) in [5, 5.41) is 1.61. The number of nitrogens with zero attached hydrogens (tertiary/aromatic N) is 1. The van der Waals surface area contributed by atoms with Crippen molar-refractivity contribution in [1.82, 2.24) is 9.97 Å². The first kappa shape index (κ1) is 8.17. The maximum atomic E-state index is 11.7. The predicted octanol–water partition coefficient (Wildman–Crippen LogP) is 2.08. The average Bonchev–Trinajstić information content (AvgIpc) is 2.29. The molecule has 0 saturated carbocycles. The Hall–Kier alpha value is -2.16. The largest absolute Gasteiger partial charge is 0.360 e. The topological polar surface area (TPSA) is 45.8 Å². The Morgan fingerprint density at radius 2 is 2.07 bits per heavy atom. The molecule has 72 valence electrons. The molecule has 0 radical (unpaired) electrons. The lowest BCUT2D eigenvalue weighted by molar-refractivity contribution is 1.38. The summed E-state index contributed by atoms with van der Waals surface area (Å²) in [6, 6.07) is 8.96. The van der Waals surface area contributed by atoms with Gasteiger partial charge in [0, 0.05) is 17.8 Å². The third-order valence-electron chi connectivity index (χ3n) is 2.49. The minimum Gasteiger partial charge on any atom is -0.360 e. The van der Waals surface area contributed by atoms with Crippen molar-refractivity contribution in [3.63, 3.8) is 0 Å². The molecule has 0 amide bonds. The van der Waals surface area contributed by atoms with Gasteiger partial charge in [0.1, 0.15) is 0 Å². The molecule has 1 N–H and O–H groups in total. The van der Waals surface area contributed by atoms with E-state index in [9.17, 15) is 4.79 Å². The molecule has 3 heteroatoms. The van der Waals surface area contributed by atoms with Crippen LogP contribution in [0.1, 0.15) is 0 Å². The van der Waals surface area contributed by atoms with E-state index >= 15 is 0 Å². The fourth-order valence-corrected chi connectivity index (χ4v) is 1.79. The number of H-pyrrole nitrogens is 1. The van der Waals surface area contributed by atoms with Gasteiger partial charge in [0.25, 0.3) is 0 Å². The zero-order valence-corrected chi connectivity index (χ0v) is 7.90. The standard InChI is InChI=1S/C12H8N2O/c15-10-5-1-4-9-11(10)12-8(7-14-9)3-2-6-13-12/h1-7,13H. The van der Waals surface area contributed by atoms with Crippen molar-refractivity contribution < 1.29 is 0 Å². The van der Waals surface area contributed by atoms with Crippen LogP contribution in [0.25, 0.3) is 21.8 Å². The van der Waals surface area contributed by atoms with Crippen LogP contribution in [0, 0.1) is 0 Å². The Morgan fingerprint density at radius 1 is 1.13 bits per heavy atom. The molecule has 3 aromatic rings. The first-order valence-corrected chi connectivity index (χ1v) is 4.71. The van der Waals surface area contributed by atoms with Crippen molar-refractivity contribution in [2.45, 2.75) is 0 Å². The van der Waals surface area contributed by atoms with E-state index in [1.165, 1.54) is 0 Å². The van der Waals surface area contributed by atoms with E-state index in [0.717, 1.165) is 16.4 Å². The van der Waals surface area contributed by atoms with Crippen molar-refractivity contribution in [3.05, 3.63) is 52.9 Å². The number of pyridine rings is 2. The highest BCUT2D eigenvalue weighted by atomic mass is 16.1. The number of aromatic nitrogens is 2. The Labute approximate surface area is 85.4 Å². The van der Waals surface area contributed by atoms with Gasteiger partial charge in [-0.15, -0.1) is 0 Å². The van der Waals surface area contributed by atoms with E-state index in [2.05, 4.69) is 9.97 Å². The first-order chi connectivity index (χ1) is 7.36. The molecular formula is C12H8N2O. The summed E-state index contributed by atoms with van der Waals surface area (Å²) in [4.78, 5) is 19.1. The number of rotatable bonds is 0. The van der Waals surface area contributed by atoms with Crippen LogP contribution in [0.15, 0.2) is 47.5 Å². The Kier molecular flexibility index (Phi) is 1.59. The third kappa shape index (κ3) is 1.13. The molecule has 0 fully saturated rings. The van der Waals surface area contributed by atoms with Crippen LogP contribution < -0.4 is 5.43 Å². The van der Waals surface area contributed by atoms with E-state index in [-0.39, 0.29) is 5.43 Å². The molecule has 2 aromatic heterocycles. The van der Waals surface area contributed by atoms with Crippen LogP contribution in [0.3, 0.4) is 0 Å². The lowest BCUT2D eigenvalue weighted by atomic mass is 10.1. The van der Waals surface area contributed by atoms with Gasteiger partial charge in [-0.3, -0.25) is 9.78 Å². The summed E-state index contributed by atoms with van der Waals surface area (Å²) >= 11 is 0. The van der Waals surface area contributed by atoms with E-state index in [0.29, 0.717) is 5.39 Å². The highest BCUT2D eigenvalue weighted by Crippen LogP contribution is 2.17. The summed E-state index contributed by atoms with van der Waals surface area (Å²) < 4.78 is 0. The second kappa shape index (κ2) is 2.92. The monoisotopic (exact) mass is 196 g/mol. The third-order valence-corrected chi connectivity index (χ3v) is 2.49. The molecule has 1 aromatic carbocycles. The van der Waals surface area contributed by atoms with Crippen molar-refractivity contribution in [2.75, 3.05) is 0 Å². The summed E-state index contributed by atoms with van der Waals surface area (Å²) in [5.74, 6) is 0. The van der Waals surface area contributed by atoms with Gasteiger partial charge >= 0.3 is 0 Å². The molecule has 3 rings (SSSR count). The number of aromatic amines is 1. The fraction of sp³-hybridized carbons (Fsp3) is 0. The summed E-state index contributed by atoms with van der Waals surface area (Å²) in [6.45, 7) is 0. The second-order valence-corrected chi connectivity index (χ2v) is 3.41.